The van der Waals surface area contributed by atoms with E-state index < -0.39 is 5.97 Å². The molecule has 37 heavy (non-hydrogen) atoms. The molecule has 0 saturated heterocycles. The third kappa shape index (κ3) is 7.20. The molecule has 2 aromatic carbocycles. The van der Waals surface area contributed by atoms with Gasteiger partial charge in [-0.3, -0.25) is 4.40 Å². The Labute approximate surface area is 219 Å². The van der Waals surface area contributed by atoms with Crippen LogP contribution in [0.15, 0.2) is 72.9 Å². The van der Waals surface area contributed by atoms with Gasteiger partial charge in [0.15, 0.2) is 0 Å². The van der Waals surface area contributed by atoms with Gasteiger partial charge >= 0.3 is 5.97 Å². The lowest BCUT2D eigenvalue weighted by molar-refractivity contribution is -0.139. The summed E-state index contributed by atoms with van der Waals surface area (Å²) in [6.45, 7) is 13.5. The molecule has 0 fully saturated rings. The van der Waals surface area contributed by atoms with E-state index in [1.807, 2.05) is 42.5 Å². The van der Waals surface area contributed by atoms with Crippen molar-refractivity contribution in [2.75, 3.05) is 11.9 Å². The molecule has 0 radical (unpaired) electrons. The lowest BCUT2D eigenvalue weighted by atomic mass is 9.82. The summed E-state index contributed by atoms with van der Waals surface area (Å²) in [5.41, 5.74) is 4.87. The van der Waals surface area contributed by atoms with E-state index in [9.17, 15) is 4.79 Å². The molecule has 4 rings (SSSR count). The van der Waals surface area contributed by atoms with Crippen molar-refractivity contribution in [2.45, 2.75) is 60.1 Å². The quantitative estimate of drug-likeness (QED) is 0.197. The van der Waals surface area contributed by atoms with Gasteiger partial charge in [-0.2, -0.15) is 0 Å². The van der Waals surface area contributed by atoms with Crippen LogP contribution in [0.3, 0.4) is 0 Å². The number of benzene rings is 2. The first-order valence-corrected chi connectivity index (χ1v) is 12.7. The van der Waals surface area contributed by atoms with E-state index in [1.165, 1.54) is 0 Å². The number of esters is 1. The van der Waals surface area contributed by atoms with Crippen LogP contribution in [0.5, 0.6) is 5.75 Å². The number of ether oxygens (including phenoxy) is 2. The molecule has 2 heterocycles. The van der Waals surface area contributed by atoms with Crippen LogP contribution >= 0.6 is 0 Å². The van der Waals surface area contributed by atoms with E-state index in [1.54, 1.807) is 12.1 Å². The Morgan fingerprint density at radius 1 is 0.973 bits per heavy atom. The number of fused-ring (bicyclic) bond motifs is 1. The molecule has 0 unspecified atom stereocenters. The van der Waals surface area contributed by atoms with E-state index in [2.05, 4.69) is 69.6 Å². The first kappa shape index (κ1) is 26.4. The Balaban J connectivity index is 1.51. The highest BCUT2D eigenvalue weighted by molar-refractivity contribution is 5.78. The van der Waals surface area contributed by atoms with Gasteiger partial charge in [0, 0.05) is 17.3 Å². The van der Waals surface area contributed by atoms with Crippen molar-refractivity contribution in [3.05, 3.63) is 84.1 Å². The second kappa shape index (κ2) is 10.8. The number of aryl methyl sites for hydroxylation is 1. The first-order valence-electron chi connectivity index (χ1n) is 12.7. The number of carbonyl (C=O) groups is 1. The van der Waals surface area contributed by atoms with Crippen molar-refractivity contribution in [1.29, 1.82) is 0 Å². The molecule has 0 aliphatic rings. The summed E-state index contributed by atoms with van der Waals surface area (Å²) >= 11 is 0. The van der Waals surface area contributed by atoms with Gasteiger partial charge in [0.25, 0.3) is 0 Å². The van der Waals surface area contributed by atoms with Gasteiger partial charge < -0.3 is 14.8 Å². The van der Waals surface area contributed by atoms with Crippen LogP contribution in [0.4, 0.5) is 5.82 Å². The second-order valence-electron chi connectivity index (χ2n) is 11.5. The average molecular weight is 500 g/mol. The normalized spacial score (nSPS) is 12.1. The Morgan fingerprint density at radius 2 is 1.68 bits per heavy atom. The van der Waals surface area contributed by atoms with Gasteiger partial charge in [-0.05, 0) is 80.1 Å². The Kier molecular flexibility index (Phi) is 7.69. The smallest absolute Gasteiger partial charge is 0.337 e. The van der Waals surface area contributed by atoms with Crippen LogP contribution in [-0.4, -0.2) is 27.5 Å². The summed E-state index contributed by atoms with van der Waals surface area (Å²) in [5.74, 6) is 0.987. The van der Waals surface area contributed by atoms with Crippen molar-refractivity contribution in [2.24, 2.45) is 5.41 Å². The highest BCUT2D eigenvalue weighted by Gasteiger charge is 2.28. The number of aromatic nitrogens is 2. The zero-order chi connectivity index (χ0) is 26.6. The fourth-order valence-corrected chi connectivity index (χ4v) is 4.83. The molecule has 194 valence electrons. The highest BCUT2D eigenvalue weighted by Crippen LogP contribution is 2.35. The minimum Gasteiger partial charge on any atom is -0.425 e. The number of hydrogen-bond donors (Lipinski definition) is 1. The summed E-state index contributed by atoms with van der Waals surface area (Å²) in [7, 11) is 0. The van der Waals surface area contributed by atoms with Crippen LogP contribution in [0.25, 0.3) is 16.9 Å². The van der Waals surface area contributed by atoms with Crippen molar-refractivity contribution in [3.63, 3.8) is 0 Å². The molecule has 6 heteroatoms. The number of hydrogen-bond acceptors (Lipinski definition) is 5. The molecule has 0 aliphatic heterocycles. The summed E-state index contributed by atoms with van der Waals surface area (Å²) < 4.78 is 13.1. The largest absolute Gasteiger partial charge is 0.425 e. The van der Waals surface area contributed by atoms with Crippen LogP contribution in [0.2, 0.25) is 0 Å². The number of nitrogens with one attached hydrogen (secondary N) is 1. The number of imidazole rings is 1. The fraction of sp³-hybridized carbons (Fsp3) is 0.355. The zero-order valence-electron chi connectivity index (χ0n) is 22.7. The van der Waals surface area contributed by atoms with E-state index >= 15 is 0 Å². The molecule has 0 atom stereocenters. The van der Waals surface area contributed by atoms with Crippen molar-refractivity contribution in [3.8, 4) is 17.0 Å². The van der Waals surface area contributed by atoms with E-state index in [0.717, 1.165) is 40.3 Å². The van der Waals surface area contributed by atoms with Gasteiger partial charge in [-0.15, -0.1) is 0 Å². The number of nitrogens with zero attached hydrogens (tertiary/aromatic N) is 2. The summed E-state index contributed by atoms with van der Waals surface area (Å²) in [5, 5.41) is 3.77. The maximum Gasteiger partial charge on any atom is 0.337 e. The maximum atomic E-state index is 12.3. The lowest BCUT2D eigenvalue weighted by Gasteiger charge is -2.34. The number of carbonyl (C=O) groups excluding carboxylic acids is 1. The van der Waals surface area contributed by atoms with Gasteiger partial charge in [0.1, 0.15) is 29.5 Å². The summed E-state index contributed by atoms with van der Waals surface area (Å²) in [6, 6.07) is 21.4. The molecule has 0 spiro atoms. The number of anilines is 1. The van der Waals surface area contributed by atoms with Crippen molar-refractivity contribution in [1.82, 2.24) is 9.38 Å². The molecule has 2 aromatic heterocycles. The molecule has 6 nitrogen and oxygen atoms in total. The number of pyridine rings is 1. The van der Waals surface area contributed by atoms with E-state index in [4.69, 9.17) is 14.5 Å². The SMILES string of the molecule is Cc1ccn2c(NC(C)(C)CC(C)(C)C)c(-c3ccc(OC(=O)COCc4ccccc4)cc3)nc2c1. The van der Waals surface area contributed by atoms with Crippen LogP contribution in [-0.2, 0) is 16.1 Å². The van der Waals surface area contributed by atoms with Crippen LogP contribution in [0.1, 0.15) is 52.2 Å². The topological polar surface area (TPSA) is 64.9 Å². The van der Waals surface area contributed by atoms with Gasteiger partial charge in [-0.25, -0.2) is 9.78 Å². The molecule has 0 bridgehead atoms. The standard InChI is InChI=1S/C31H37N3O3/c1-22-16-17-34-26(18-22)32-28(29(34)33-31(5,6)21-30(2,3)4)24-12-14-25(15-13-24)37-27(35)20-36-19-23-10-8-7-9-11-23/h7-18,33H,19-21H2,1-6H3. The second-order valence-corrected chi connectivity index (χ2v) is 11.5. The van der Waals surface area contributed by atoms with Gasteiger partial charge in [0.05, 0.1) is 6.61 Å². The predicted octanol–water partition coefficient (Wildman–Crippen LogP) is 7.06. The molecule has 0 saturated carbocycles. The molecular formula is C31H37N3O3. The fourth-order valence-electron chi connectivity index (χ4n) is 4.83. The first-order chi connectivity index (χ1) is 17.5. The minimum atomic E-state index is -0.432. The van der Waals surface area contributed by atoms with Crippen molar-refractivity contribution >= 4 is 17.4 Å². The third-order valence-corrected chi connectivity index (χ3v) is 5.90. The van der Waals surface area contributed by atoms with Gasteiger partial charge in [0.2, 0.25) is 0 Å². The van der Waals surface area contributed by atoms with Crippen LogP contribution < -0.4 is 10.1 Å². The molecular weight excluding hydrogens is 462 g/mol. The molecule has 0 aliphatic carbocycles. The maximum absolute atomic E-state index is 12.3. The Morgan fingerprint density at radius 3 is 2.35 bits per heavy atom. The minimum absolute atomic E-state index is 0.112. The monoisotopic (exact) mass is 499 g/mol. The Bertz CT molecular complexity index is 1350. The summed E-state index contributed by atoms with van der Waals surface area (Å²) in [4.78, 5) is 17.2. The number of rotatable bonds is 9. The van der Waals surface area contributed by atoms with E-state index in [-0.39, 0.29) is 17.6 Å². The Hall–Kier alpha value is -3.64. The van der Waals surface area contributed by atoms with Crippen LogP contribution in [0, 0.1) is 12.3 Å². The highest BCUT2D eigenvalue weighted by atomic mass is 16.6. The summed E-state index contributed by atoms with van der Waals surface area (Å²) in [6.07, 6.45) is 3.04. The molecule has 4 aromatic rings. The lowest BCUT2D eigenvalue weighted by Crippen LogP contribution is -2.36. The zero-order valence-corrected chi connectivity index (χ0v) is 22.7. The van der Waals surface area contributed by atoms with E-state index in [0.29, 0.717) is 12.4 Å². The predicted molar refractivity (Wildman–Crippen MR) is 149 cm³/mol. The average Bonchev–Trinajstić information content (AvgIpc) is 3.15. The van der Waals surface area contributed by atoms with Crippen molar-refractivity contribution < 1.29 is 14.3 Å². The third-order valence-electron chi connectivity index (χ3n) is 5.90. The molecule has 0 amide bonds. The van der Waals surface area contributed by atoms with Gasteiger partial charge in [-0.1, -0.05) is 51.1 Å². The molecule has 1 N–H and O–H groups in total.